The standard InChI is InChI=1S/C15H22N2O2/c1-10-4-5-12(15(18)16-3)8-13(10)17-14-9-19-7-6-11(14)2/h4-5,8,11,14,17H,6-7,9H2,1-3H3,(H,16,18). The molecule has 1 fully saturated rings. The Hall–Kier alpha value is -1.55. The second-order valence-electron chi connectivity index (χ2n) is 5.20. The predicted molar refractivity (Wildman–Crippen MR) is 76.6 cm³/mol. The van der Waals surface area contributed by atoms with Crippen LogP contribution in [0.25, 0.3) is 0 Å². The van der Waals surface area contributed by atoms with Gasteiger partial charge in [-0.25, -0.2) is 0 Å². The van der Waals surface area contributed by atoms with Crippen LogP contribution in [-0.4, -0.2) is 32.2 Å². The predicted octanol–water partition coefficient (Wildman–Crippen LogP) is 2.19. The number of aryl methyl sites for hydroxylation is 1. The van der Waals surface area contributed by atoms with Crippen LogP contribution >= 0.6 is 0 Å². The number of amides is 1. The SMILES string of the molecule is CNC(=O)c1ccc(C)c(NC2COCCC2C)c1. The van der Waals surface area contributed by atoms with E-state index < -0.39 is 0 Å². The molecule has 2 unspecified atom stereocenters. The number of hydrogen-bond acceptors (Lipinski definition) is 3. The van der Waals surface area contributed by atoms with Crippen LogP contribution in [0.3, 0.4) is 0 Å². The van der Waals surface area contributed by atoms with Crippen LogP contribution in [0, 0.1) is 12.8 Å². The summed E-state index contributed by atoms with van der Waals surface area (Å²) < 4.78 is 5.52. The molecule has 1 amide bonds. The molecule has 1 aliphatic heterocycles. The molecule has 0 spiro atoms. The molecule has 0 aliphatic carbocycles. The molecule has 1 aromatic rings. The van der Waals surface area contributed by atoms with Crippen LogP contribution in [0.2, 0.25) is 0 Å². The van der Waals surface area contributed by atoms with Crippen LogP contribution in [0.15, 0.2) is 18.2 Å². The van der Waals surface area contributed by atoms with Crippen molar-refractivity contribution < 1.29 is 9.53 Å². The first kappa shape index (κ1) is 13.9. The highest BCUT2D eigenvalue weighted by Gasteiger charge is 2.22. The van der Waals surface area contributed by atoms with Gasteiger partial charge in [0.05, 0.1) is 12.6 Å². The summed E-state index contributed by atoms with van der Waals surface area (Å²) in [7, 11) is 1.65. The van der Waals surface area contributed by atoms with E-state index in [1.54, 1.807) is 7.05 Å². The lowest BCUT2D eigenvalue weighted by molar-refractivity contribution is 0.0608. The smallest absolute Gasteiger partial charge is 0.251 e. The van der Waals surface area contributed by atoms with Crippen molar-refractivity contribution in [1.82, 2.24) is 5.32 Å². The summed E-state index contributed by atoms with van der Waals surface area (Å²) in [5, 5.41) is 6.16. The van der Waals surface area contributed by atoms with Gasteiger partial charge < -0.3 is 15.4 Å². The van der Waals surface area contributed by atoms with Crippen molar-refractivity contribution in [3.8, 4) is 0 Å². The topological polar surface area (TPSA) is 50.4 Å². The monoisotopic (exact) mass is 262 g/mol. The van der Waals surface area contributed by atoms with E-state index >= 15 is 0 Å². The minimum atomic E-state index is -0.0593. The van der Waals surface area contributed by atoms with Gasteiger partial charge in [-0.15, -0.1) is 0 Å². The van der Waals surface area contributed by atoms with Crippen molar-refractivity contribution >= 4 is 11.6 Å². The molecule has 0 bridgehead atoms. The molecule has 2 rings (SSSR count). The van der Waals surface area contributed by atoms with E-state index in [1.807, 2.05) is 25.1 Å². The van der Waals surface area contributed by atoms with Gasteiger partial charge in [0.1, 0.15) is 0 Å². The van der Waals surface area contributed by atoms with Gasteiger partial charge in [0, 0.05) is 24.9 Å². The maximum absolute atomic E-state index is 11.7. The van der Waals surface area contributed by atoms with Crippen molar-refractivity contribution in [2.24, 2.45) is 5.92 Å². The number of benzene rings is 1. The first-order valence-corrected chi connectivity index (χ1v) is 6.79. The lowest BCUT2D eigenvalue weighted by Gasteiger charge is -2.31. The Kier molecular flexibility index (Phi) is 4.43. The zero-order valence-electron chi connectivity index (χ0n) is 11.8. The Morgan fingerprint density at radius 1 is 1.42 bits per heavy atom. The van der Waals surface area contributed by atoms with E-state index in [1.165, 1.54) is 0 Å². The Labute approximate surface area is 114 Å². The Morgan fingerprint density at radius 3 is 2.89 bits per heavy atom. The van der Waals surface area contributed by atoms with Gasteiger partial charge in [0.25, 0.3) is 5.91 Å². The molecule has 104 valence electrons. The summed E-state index contributed by atoms with van der Waals surface area (Å²) in [6.07, 6.45) is 1.08. The molecule has 2 N–H and O–H groups in total. The molecule has 1 saturated heterocycles. The minimum absolute atomic E-state index is 0.0593. The molecule has 0 aromatic heterocycles. The van der Waals surface area contributed by atoms with Gasteiger partial charge in [-0.1, -0.05) is 13.0 Å². The molecule has 2 atom stereocenters. The summed E-state index contributed by atoms with van der Waals surface area (Å²) in [6, 6.07) is 6.05. The third-order valence-corrected chi connectivity index (χ3v) is 3.77. The maximum Gasteiger partial charge on any atom is 0.251 e. The first-order chi connectivity index (χ1) is 9.11. The fourth-order valence-electron chi connectivity index (χ4n) is 2.29. The highest BCUT2D eigenvalue weighted by atomic mass is 16.5. The summed E-state index contributed by atoms with van der Waals surface area (Å²) in [5.41, 5.74) is 2.84. The lowest BCUT2D eigenvalue weighted by atomic mass is 9.96. The van der Waals surface area contributed by atoms with Gasteiger partial charge >= 0.3 is 0 Å². The van der Waals surface area contributed by atoms with Gasteiger partial charge in [-0.3, -0.25) is 4.79 Å². The number of rotatable bonds is 3. The maximum atomic E-state index is 11.7. The van der Waals surface area contributed by atoms with Crippen molar-refractivity contribution in [3.63, 3.8) is 0 Å². The summed E-state index contributed by atoms with van der Waals surface area (Å²) in [6.45, 7) is 5.85. The quantitative estimate of drug-likeness (QED) is 0.878. The van der Waals surface area contributed by atoms with Crippen molar-refractivity contribution in [2.75, 3.05) is 25.6 Å². The molecule has 1 aromatic carbocycles. The number of carbonyl (C=O) groups is 1. The van der Waals surface area contributed by atoms with E-state index in [9.17, 15) is 4.79 Å². The second-order valence-corrected chi connectivity index (χ2v) is 5.20. The van der Waals surface area contributed by atoms with E-state index in [4.69, 9.17) is 4.74 Å². The Balaban J connectivity index is 2.16. The largest absolute Gasteiger partial charge is 0.379 e. The van der Waals surface area contributed by atoms with E-state index in [0.717, 1.165) is 30.9 Å². The zero-order chi connectivity index (χ0) is 13.8. The third-order valence-electron chi connectivity index (χ3n) is 3.77. The molecule has 4 nitrogen and oxygen atoms in total. The van der Waals surface area contributed by atoms with Crippen LogP contribution in [0.1, 0.15) is 29.3 Å². The second kappa shape index (κ2) is 6.06. The number of carbonyl (C=O) groups excluding carboxylic acids is 1. The fraction of sp³-hybridized carbons (Fsp3) is 0.533. The van der Waals surface area contributed by atoms with Gasteiger partial charge in [0.15, 0.2) is 0 Å². The van der Waals surface area contributed by atoms with Crippen molar-refractivity contribution in [3.05, 3.63) is 29.3 Å². The highest BCUT2D eigenvalue weighted by molar-refractivity contribution is 5.95. The minimum Gasteiger partial charge on any atom is -0.379 e. The molecular formula is C15H22N2O2. The summed E-state index contributed by atoms with van der Waals surface area (Å²) in [5.74, 6) is 0.521. The first-order valence-electron chi connectivity index (χ1n) is 6.79. The van der Waals surface area contributed by atoms with Crippen LogP contribution in [0.5, 0.6) is 0 Å². The van der Waals surface area contributed by atoms with Crippen LogP contribution < -0.4 is 10.6 Å². The molecule has 1 heterocycles. The fourth-order valence-corrected chi connectivity index (χ4v) is 2.29. The Morgan fingerprint density at radius 2 is 2.21 bits per heavy atom. The normalized spacial score (nSPS) is 22.9. The molecule has 19 heavy (non-hydrogen) atoms. The molecule has 4 heteroatoms. The lowest BCUT2D eigenvalue weighted by Crippen LogP contribution is -2.37. The highest BCUT2D eigenvalue weighted by Crippen LogP contribution is 2.23. The third kappa shape index (κ3) is 3.26. The van der Waals surface area contributed by atoms with Crippen molar-refractivity contribution in [2.45, 2.75) is 26.3 Å². The molecule has 1 aliphatic rings. The van der Waals surface area contributed by atoms with E-state index in [2.05, 4.69) is 17.6 Å². The van der Waals surface area contributed by atoms with Gasteiger partial charge in [0.2, 0.25) is 0 Å². The number of ether oxygens (including phenoxy) is 1. The zero-order valence-corrected chi connectivity index (χ0v) is 11.8. The number of nitrogens with one attached hydrogen (secondary N) is 2. The summed E-state index contributed by atoms with van der Waals surface area (Å²) in [4.78, 5) is 11.7. The average Bonchev–Trinajstić information content (AvgIpc) is 2.42. The number of hydrogen-bond donors (Lipinski definition) is 2. The van der Waals surface area contributed by atoms with Crippen LogP contribution in [-0.2, 0) is 4.74 Å². The van der Waals surface area contributed by atoms with Gasteiger partial charge in [-0.2, -0.15) is 0 Å². The van der Waals surface area contributed by atoms with E-state index in [0.29, 0.717) is 17.5 Å². The summed E-state index contributed by atoms with van der Waals surface area (Å²) >= 11 is 0. The van der Waals surface area contributed by atoms with E-state index in [-0.39, 0.29) is 5.91 Å². The van der Waals surface area contributed by atoms with Gasteiger partial charge in [-0.05, 0) is 37.0 Å². The molecule has 0 saturated carbocycles. The average molecular weight is 262 g/mol. The molecule has 0 radical (unpaired) electrons. The molecular weight excluding hydrogens is 240 g/mol. The Bertz CT molecular complexity index is 459. The van der Waals surface area contributed by atoms with Crippen LogP contribution in [0.4, 0.5) is 5.69 Å². The van der Waals surface area contributed by atoms with Crippen molar-refractivity contribution in [1.29, 1.82) is 0 Å². The number of anilines is 1.